The SMILES string of the molecule is CN[C@@H](CC(=O)N1CC(COc2ccccc2)C1)Cc1ccccc1F.CN[C@@H](CC(=O)O)Cc1ccccc1F.c1ccc(OCC2CNC2)cc1. The Morgan fingerprint density at radius 2 is 1.13 bits per heavy atom. The van der Waals surface area contributed by atoms with Crippen LogP contribution in [0.2, 0.25) is 0 Å². The van der Waals surface area contributed by atoms with E-state index in [0.29, 0.717) is 48.8 Å². The highest BCUT2D eigenvalue weighted by molar-refractivity contribution is 5.77. The lowest BCUT2D eigenvalue weighted by Crippen LogP contribution is -2.53. The zero-order valence-corrected chi connectivity index (χ0v) is 30.6. The Bertz CT molecular complexity index is 1660. The van der Waals surface area contributed by atoms with Crippen LogP contribution in [0.1, 0.15) is 24.0 Å². The Hall–Kier alpha value is -4.84. The molecule has 6 rings (SSSR count). The third kappa shape index (κ3) is 14.6. The van der Waals surface area contributed by atoms with Crippen molar-refractivity contribution in [1.29, 1.82) is 0 Å². The van der Waals surface area contributed by atoms with Gasteiger partial charge in [0, 0.05) is 56.5 Å². The summed E-state index contributed by atoms with van der Waals surface area (Å²) < 4.78 is 38.4. The van der Waals surface area contributed by atoms with Crippen LogP contribution in [0.15, 0.2) is 109 Å². The molecule has 0 saturated carbocycles. The molecule has 2 aliphatic rings. The number of aliphatic carboxylic acids is 1. The van der Waals surface area contributed by atoms with E-state index >= 15 is 0 Å². The lowest BCUT2D eigenvalue weighted by atomic mass is 9.98. The van der Waals surface area contributed by atoms with Crippen LogP contribution in [0, 0.1) is 23.5 Å². The first-order chi connectivity index (χ1) is 25.7. The smallest absolute Gasteiger partial charge is 0.304 e. The fourth-order valence-corrected chi connectivity index (χ4v) is 5.77. The van der Waals surface area contributed by atoms with Crippen molar-refractivity contribution in [2.75, 3.05) is 53.5 Å². The Morgan fingerprint density at radius 1 is 0.698 bits per heavy atom. The summed E-state index contributed by atoms with van der Waals surface area (Å²) in [5, 5.41) is 17.8. The molecule has 0 spiro atoms. The zero-order chi connectivity index (χ0) is 37.8. The number of ether oxygens (including phenoxy) is 2. The minimum Gasteiger partial charge on any atom is -0.493 e. The monoisotopic (exact) mass is 730 g/mol. The lowest BCUT2D eigenvalue weighted by molar-refractivity contribution is -0.139. The number of carboxylic acids is 1. The molecule has 53 heavy (non-hydrogen) atoms. The van der Waals surface area contributed by atoms with Gasteiger partial charge in [0.05, 0.1) is 19.6 Å². The van der Waals surface area contributed by atoms with Gasteiger partial charge in [0.15, 0.2) is 0 Å². The third-order valence-electron chi connectivity index (χ3n) is 9.14. The molecule has 4 aromatic carbocycles. The maximum Gasteiger partial charge on any atom is 0.304 e. The van der Waals surface area contributed by atoms with E-state index in [2.05, 4.69) is 16.0 Å². The highest BCUT2D eigenvalue weighted by Crippen LogP contribution is 2.20. The van der Waals surface area contributed by atoms with Gasteiger partial charge in [-0.1, -0.05) is 72.8 Å². The number of nitrogens with one attached hydrogen (secondary N) is 3. The molecular weight excluding hydrogens is 678 g/mol. The summed E-state index contributed by atoms with van der Waals surface area (Å²) in [5.74, 6) is 1.64. The van der Waals surface area contributed by atoms with E-state index in [9.17, 15) is 18.4 Å². The van der Waals surface area contributed by atoms with Crippen LogP contribution in [-0.4, -0.2) is 87.5 Å². The van der Waals surface area contributed by atoms with Crippen molar-refractivity contribution in [1.82, 2.24) is 20.9 Å². The molecule has 1 amide bonds. The summed E-state index contributed by atoms with van der Waals surface area (Å²) in [6.07, 6.45) is 1.25. The van der Waals surface area contributed by atoms with Crippen LogP contribution in [-0.2, 0) is 22.4 Å². The molecule has 2 aliphatic heterocycles. The van der Waals surface area contributed by atoms with Gasteiger partial charge in [0.25, 0.3) is 0 Å². The fourth-order valence-electron chi connectivity index (χ4n) is 5.77. The van der Waals surface area contributed by atoms with Gasteiger partial charge in [-0.3, -0.25) is 9.59 Å². The lowest BCUT2D eigenvalue weighted by Gasteiger charge is -2.39. The Morgan fingerprint density at radius 3 is 1.55 bits per heavy atom. The number of rotatable bonds is 16. The second-order valence-electron chi connectivity index (χ2n) is 13.3. The van der Waals surface area contributed by atoms with Gasteiger partial charge in [0.1, 0.15) is 23.1 Å². The molecule has 284 valence electrons. The maximum absolute atomic E-state index is 13.8. The van der Waals surface area contributed by atoms with E-state index < -0.39 is 5.97 Å². The molecule has 2 fully saturated rings. The van der Waals surface area contributed by atoms with Crippen LogP contribution in [0.5, 0.6) is 11.5 Å². The summed E-state index contributed by atoms with van der Waals surface area (Å²) in [7, 11) is 3.49. The van der Waals surface area contributed by atoms with Gasteiger partial charge in [-0.2, -0.15) is 0 Å². The molecule has 2 atom stereocenters. The number of benzene rings is 4. The van der Waals surface area contributed by atoms with Gasteiger partial charge in [-0.05, 0) is 74.5 Å². The molecular formula is C42H52F2N4O5. The number of amides is 1. The maximum atomic E-state index is 13.8. The molecule has 0 unspecified atom stereocenters. The number of para-hydroxylation sites is 2. The Kier molecular flexibility index (Phi) is 17.2. The molecule has 4 N–H and O–H groups in total. The first-order valence-corrected chi connectivity index (χ1v) is 18.1. The predicted octanol–water partition coefficient (Wildman–Crippen LogP) is 5.60. The van der Waals surface area contributed by atoms with Crippen LogP contribution in [0.25, 0.3) is 0 Å². The molecule has 0 radical (unpaired) electrons. The minimum absolute atomic E-state index is 0.00909. The molecule has 0 aliphatic carbocycles. The largest absolute Gasteiger partial charge is 0.493 e. The number of likely N-dealkylation sites (N-methyl/N-ethyl adjacent to an activating group) is 2. The number of halogens is 2. The van der Waals surface area contributed by atoms with E-state index in [1.807, 2.05) is 78.7 Å². The van der Waals surface area contributed by atoms with Crippen molar-refractivity contribution in [3.8, 4) is 11.5 Å². The highest BCUT2D eigenvalue weighted by Gasteiger charge is 2.32. The first-order valence-electron chi connectivity index (χ1n) is 18.1. The van der Waals surface area contributed by atoms with Crippen molar-refractivity contribution in [2.45, 2.75) is 37.8 Å². The second kappa shape index (κ2) is 22.3. The number of nitrogens with zero attached hydrogens (tertiary/aromatic N) is 1. The predicted molar refractivity (Wildman–Crippen MR) is 203 cm³/mol. The number of carbonyl (C=O) groups excluding carboxylic acids is 1. The molecule has 2 heterocycles. The molecule has 0 bridgehead atoms. The first kappa shape index (κ1) is 40.9. The summed E-state index contributed by atoms with van der Waals surface area (Å²) in [5.41, 5.74) is 1.18. The molecule has 2 saturated heterocycles. The minimum atomic E-state index is -0.884. The van der Waals surface area contributed by atoms with Crippen molar-refractivity contribution in [3.05, 3.63) is 132 Å². The van der Waals surface area contributed by atoms with Crippen molar-refractivity contribution in [2.24, 2.45) is 11.8 Å². The standard InChI is InChI=1S/C21H25FN2O2.C11H14FNO2.C10H13NO/c1-23-18(11-17-7-5-6-10-20(17)22)12-21(25)24-13-16(14-24)15-26-19-8-3-2-4-9-19;1-13-9(7-11(14)15)6-8-4-2-3-5-10(8)12;1-2-4-10(5-3-1)12-8-9-6-11-7-9/h2-10,16,18,23H,11-15H2,1H3;2-5,9,13H,6-7H2,1H3,(H,14,15);1-5,9,11H,6-8H2/t18-;9-;/m11./s1. The summed E-state index contributed by atoms with van der Waals surface area (Å²) in [6.45, 7) is 5.12. The third-order valence-corrected chi connectivity index (χ3v) is 9.14. The molecule has 11 heteroatoms. The number of carboxylic acid groups (broad SMARTS) is 1. The van der Waals surface area contributed by atoms with Crippen LogP contribution in [0.4, 0.5) is 8.78 Å². The van der Waals surface area contributed by atoms with E-state index in [4.69, 9.17) is 14.6 Å². The van der Waals surface area contributed by atoms with E-state index in [-0.39, 0.29) is 36.0 Å². The van der Waals surface area contributed by atoms with Crippen molar-refractivity contribution < 1.29 is 33.0 Å². The summed E-state index contributed by atoms with van der Waals surface area (Å²) >= 11 is 0. The fraction of sp³-hybridized carbons (Fsp3) is 0.381. The van der Waals surface area contributed by atoms with Crippen molar-refractivity contribution in [3.63, 3.8) is 0 Å². The van der Waals surface area contributed by atoms with Crippen LogP contribution in [0.3, 0.4) is 0 Å². The topological polar surface area (TPSA) is 112 Å². The number of hydrogen-bond acceptors (Lipinski definition) is 7. The van der Waals surface area contributed by atoms with Gasteiger partial charge < -0.3 is 35.4 Å². The number of likely N-dealkylation sites (tertiary alicyclic amines) is 1. The van der Waals surface area contributed by atoms with Gasteiger partial charge in [0.2, 0.25) is 5.91 Å². The Labute approximate surface area is 311 Å². The highest BCUT2D eigenvalue weighted by atomic mass is 19.1. The Balaban J connectivity index is 0.000000196. The van der Waals surface area contributed by atoms with Crippen LogP contribution < -0.4 is 25.4 Å². The van der Waals surface area contributed by atoms with Gasteiger partial charge >= 0.3 is 5.97 Å². The summed E-state index contributed by atoms with van der Waals surface area (Å²) in [6, 6.07) is 32.5. The molecule has 4 aromatic rings. The van der Waals surface area contributed by atoms with E-state index in [1.54, 1.807) is 37.4 Å². The van der Waals surface area contributed by atoms with E-state index in [1.165, 1.54) is 12.1 Å². The zero-order valence-electron chi connectivity index (χ0n) is 30.6. The normalized spacial score (nSPS) is 14.9. The average Bonchev–Trinajstić information content (AvgIpc) is 3.13. The van der Waals surface area contributed by atoms with E-state index in [0.717, 1.165) is 44.3 Å². The summed E-state index contributed by atoms with van der Waals surface area (Å²) in [4.78, 5) is 24.8. The van der Waals surface area contributed by atoms with Gasteiger partial charge in [-0.25, -0.2) is 8.78 Å². The number of hydrogen-bond donors (Lipinski definition) is 4. The van der Waals surface area contributed by atoms with Crippen LogP contribution >= 0.6 is 0 Å². The quantitative estimate of drug-likeness (QED) is 0.118. The average molecular weight is 731 g/mol. The molecule has 9 nitrogen and oxygen atoms in total. The molecule has 0 aromatic heterocycles. The second-order valence-corrected chi connectivity index (χ2v) is 13.3. The number of carbonyl (C=O) groups is 2. The van der Waals surface area contributed by atoms with Gasteiger partial charge in [-0.15, -0.1) is 0 Å². The van der Waals surface area contributed by atoms with Crippen molar-refractivity contribution >= 4 is 11.9 Å².